The highest BCUT2D eigenvalue weighted by Crippen LogP contribution is 2.32. The van der Waals surface area contributed by atoms with Gasteiger partial charge in [-0.1, -0.05) is 31.4 Å². The lowest BCUT2D eigenvalue weighted by Crippen LogP contribution is -2.47. The van der Waals surface area contributed by atoms with Gasteiger partial charge < -0.3 is 19.9 Å². The number of halogens is 1. The first-order valence-corrected chi connectivity index (χ1v) is 15.9. The molecule has 0 radical (unpaired) electrons. The van der Waals surface area contributed by atoms with Crippen LogP contribution >= 0.6 is 0 Å². The van der Waals surface area contributed by atoms with E-state index in [9.17, 15) is 17.6 Å². The van der Waals surface area contributed by atoms with Gasteiger partial charge in [-0.05, 0) is 43.2 Å². The Bertz CT molecular complexity index is 1260. The molecule has 3 aliphatic rings. The molecule has 3 fully saturated rings. The summed E-state index contributed by atoms with van der Waals surface area (Å²) in [5, 5.41) is 2.98. The molecular weight excluding hydrogens is 533 g/mol. The third-order valence-electron chi connectivity index (χ3n) is 8.13. The van der Waals surface area contributed by atoms with Crippen LogP contribution in [0.25, 0.3) is 0 Å². The number of amides is 1. The number of carbonyl (C=O) groups is 1. The number of nitrogens with zero attached hydrogens (tertiary/aromatic N) is 3. The summed E-state index contributed by atoms with van der Waals surface area (Å²) in [4.78, 5) is 19.3. The van der Waals surface area contributed by atoms with Crippen molar-refractivity contribution in [1.82, 2.24) is 9.62 Å². The van der Waals surface area contributed by atoms with Crippen molar-refractivity contribution in [3.8, 4) is 0 Å². The number of ether oxygens (including phenoxy) is 1. The zero-order valence-electron chi connectivity index (χ0n) is 23.0. The van der Waals surface area contributed by atoms with E-state index in [1.165, 1.54) is 6.07 Å². The minimum Gasteiger partial charge on any atom is -0.379 e. The molecule has 2 heterocycles. The summed E-state index contributed by atoms with van der Waals surface area (Å²) in [5.74, 6) is -0.345. The largest absolute Gasteiger partial charge is 0.379 e. The second-order valence-corrected chi connectivity index (χ2v) is 12.5. The Morgan fingerprint density at radius 3 is 2.27 bits per heavy atom. The Hall–Kier alpha value is -2.73. The molecule has 2 aromatic rings. The van der Waals surface area contributed by atoms with E-state index in [-0.39, 0.29) is 29.1 Å². The van der Waals surface area contributed by atoms with Crippen LogP contribution in [0, 0.1) is 11.7 Å². The van der Waals surface area contributed by atoms with Crippen molar-refractivity contribution in [2.75, 3.05) is 80.7 Å². The molecule has 0 spiro atoms. The molecule has 2 saturated heterocycles. The summed E-state index contributed by atoms with van der Waals surface area (Å²) in [7, 11) is -3.87. The van der Waals surface area contributed by atoms with E-state index in [0.29, 0.717) is 63.0 Å². The molecule has 2 N–H and O–H groups in total. The molecule has 40 heavy (non-hydrogen) atoms. The highest BCUT2D eigenvalue weighted by atomic mass is 32.2. The number of piperazine rings is 1. The number of para-hydroxylation sites is 1. The van der Waals surface area contributed by atoms with Crippen LogP contribution < -0.4 is 19.8 Å². The molecule has 2 aliphatic heterocycles. The lowest BCUT2D eigenvalue weighted by Gasteiger charge is -2.38. The van der Waals surface area contributed by atoms with Crippen LogP contribution in [-0.4, -0.2) is 84.8 Å². The molecular formula is C29H40FN5O4S. The average Bonchev–Trinajstić information content (AvgIpc) is 2.98. The van der Waals surface area contributed by atoms with Gasteiger partial charge in [-0.2, -0.15) is 0 Å². The van der Waals surface area contributed by atoms with Gasteiger partial charge in [-0.3, -0.25) is 9.69 Å². The number of rotatable bonds is 9. The number of anilines is 3. The van der Waals surface area contributed by atoms with Gasteiger partial charge in [-0.15, -0.1) is 0 Å². The molecule has 2 aromatic carbocycles. The molecule has 0 unspecified atom stereocenters. The van der Waals surface area contributed by atoms with E-state index in [1.54, 1.807) is 30.3 Å². The predicted molar refractivity (Wildman–Crippen MR) is 155 cm³/mol. The highest BCUT2D eigenvalue weighted by molar-refractivity contribution is 7.89. The fourth-order valence-corrected chi connectivity index (χ4v) is 7.08. The second-order valence-electron chi connectivity index (χ2n) is 10.8. The van der Waals surface area contributed by atoms with Crippen LogP contribution in [0.1, 0.15) is 32.1 Å². The van der Waals surface area contributed by atoms with Gasteiger partial charge in [0, 0.05) is 64.0 Å². The number of hydrogen-bond acceptors (Lipinski definition) is 7. The van der Waals surface area contributed by atoms with E-state index in [2.05, 4.69) is 14.9 Å². The van der Waals surface area contributed by atoms with Crippen molar-refractivity contribution in [2.24, 2.45) is 5.92 Å². The van der Waals surface area contributed by atoms with Gasteiger partial charge in [0.15, 0.2) is 0 Å². The van der Waals surface area contributed by atoms with Crippen molar-refractivity contribution in [1.29, 1.82) is 0 Å². The fraction of sp³-hybridized carbons (Fsp3) is 0.552. The standard InChI is InChI=1S/C29H40FN5O4S/c30-25-8-4-5-9-26(25)34-14-16-35(17-15-34)27-11-10-24(32-29(36)23-6-2-1-3-7-23)22-28(27)40(37,38)31-12-13-33-18-20-39-21-19-33/h4-5,8-11,22-23,31H,1-3,6-7,12-21H2,(H,32,36). The molecule has 0 atom stereocenters. The molecule has 1 aliphatic carbocycles. The number of nitrogens with one attached hydrogen (secondary N) is 2. The van der Waals surface area contributed by atoms with Gasteiger partial charge in [-0.25, -0.2) is 17.5 Å². The minimum atomic E-state index is -3.87. The topological polar surface area (TPSA) is 94.2 Å². The predicted octanol–water partition coefficient (Wildman–Crippen LogP) is 3.28. The number of hydrogen-bond donors (Lipinski definition) is 2. The molecule has 9 nitrogen and oxygen atoms in total. The second kappa shape index (κ2) is 13.3. The molecule has 11 heteroatoms. The zero-order valence-corrected chi connectivity index (χ0v) is 23.8. The molecule has 1 amide bonds. The lowest BCUT2D eigenvalue weighted by molar-refractivity contribution is -0.120. The zero-order chi connectivity index (χ0) is 28.0. The van der Waals surface area contributed by atoms with E-state index < -0.39 is 10.0 Å². The Kier molecular flexibility index (Phi) is 9.56. The first-order chi connectivity index (χ1) is 19.4. The maximum Gasteiger partial charge on any atom is 0.242 e. The van der Waals surface area contributed by atoms with Crippen LogP contribution in [0.15, 0.2) is 47.4 Å². The van der Waals surface area contributed by atoms with Crippen molar-refractivity contribution in [2.45, 2.75) is 37.0 Å². The third-order valence-corrected chi connectivity index (χ3v) is 9.62. The monoisotopic (exact) mass is 573 g/mol. The van der Waals surface area contributed by atoms with Crippen LogP contribution in [0.5, 0.6) is 0 Å². The molecule has 218 valence electrons. The molecule has 5 rings (SSSR count). The SMILES string of the molecule is O=C(Nc1ccc(N2CCN(c3ccccc3F)CC2)c(S(=O)(=O)NCCN2CCOCC2)c1)C1CCCCC1. The summed E-state index contributed by atoms with van der Waals surface area (Å²) >= 11 is 0. The highest BCUT2D eigenvalue weighted by Gasteiger charge is 2.27. The van der Waals surface area contributed by atoms with E-state index in [0.717, 1.165) is 45.2 Å². The summed E-state index contributed by atoms with van der Waals surface area (Å²) in [5.41, 5.74) is 1.63. The summed E-state index contributed by atoms with van der Waals surface area (Å²) < 4.78 is 49.8. The maximum absolute atomic E-state index is 14.4. The van der Waals surface area contributed by atoms with E-state index >= 15 is 0 Å². The average molecular weight is 574 g/mol. The van der Waals surface area contributed by atoms with Crippen LogP contribution in [-0.2, 0) is 19.6 Å². The lowest BCUT2D eigenvalue weighted by atomic mass is 9.88. The summed E-state index contributed by atoms with van der Waals surface area (Å²) in [6.45, 7) is 5.94. The Morgan fingerprint density at radius 1 is 0.900 bits per heavy atom. The van der Waals surface area contributed by atoms with Crippen LogP contribution in [0.3, 0.4) is 0 Å². The molecule has 0 bridgehead atoms. The summed E-state index contributed by atoms with van der Waals surface area (Å²) in [6.07, 6.45) is 4.97. The number of benzene rings is 2. The number of morpholine rings is 1. The first kappa shape index (κ1) is 28.8. The van der Waals surface area contributed by atoms with E-state index in [1.807, 2.05) is 15.9 Å². The van der Waals surface area contributed by atoms with Gasteiger partial charge in [0.1, 0.15) is 10.7 Å². The molecule has 0 aromatic heterocycles. The first-order valence-electron chi connectivity index (χ1n) is 14.4. The smallest absolute Gasteiger partial charge is 0.242 e. The Labute approximate surface area is 236 Å². The fourth-order valence-electron chi connectivity index (χ4n) is 5.81. The van der Waals surface area contributed by atoms with Crippen molar-refractivity contribution in [3.05, 3.63) is 48.3 Å². The van der Waals surface area contributed by atoms with E-state index in [4.69, 9.17) is 4.74 Å². The molecule has 1 saturated carbocycles. The van der Waals surface area contributed by atoms with Crippen molar-refractivity contribution >= 4 is 33.0 Å². The quantitative estimate of drug-likeness (QED) is 0.476. The van der Waals surface area contributed by atoms with Crippen molar-refractivity contribution < 1.29 is 22.3 Å². The van der Waals surface area contributed by atoms with Crippen LogP contribution in [0.4, 0.5) is 21.5 Å². The summed E-state index contributed by atoms with van der Waals surface area (Å²) in [6, 6.07) is 11.9. The van der Waals surface area contributed by atoms with Gasteiger partial charge in [0.05, 0.1) is 24.6 Å². The number of carbonyl (C=O) groups excluding carboxylic acids is 1. The maximum atomic E-state index is 14.4. The van der Waals surface area contributed by atoms with Gasteiger partial charge in [0.2, 0.25) is 15.9 Å². The van der Waals surface area contributed by atoms with Crippen LogP contribution in [0.2, 0.25) is 0 Å². The number of sulfonamides is 1. The Balaban J connectivity index is 1.33. The third kappa shape index (κ3) is 7.12. The minimum absolute atomic E-state index is 0.0356. The Morgan fingerprint density at radius 2 is 1.57 bits per heavy atom. The van der Waals surface area contributed by atoms with Gasteiger partial charge >= 0.3 is 0 Å². The van der Waals surface area contributed by atoms with Crippen molar-refractivity contribution in [3.63, 3.8) is 0 Å². The normalized spacial score (nSPS) is 19.5. The van der Waals surface area contributed by atoms with Gasteiger partial charge in [0.25, 0.3) is 0 Å².